The largest absolute Gasteiger partial charge is 0.397 e. The van der Waals surface area contributed by atoms with Gasteiger partial charge in [-0.2, -0.15) is 0 Å². The Kier molecular flexibility index (Phi) is 5.39. The molecular formula is C15H25N3O2. The van der Waals surface area contributed by atoms with Crippen LogP contribution >= 0.6 is 0 Å². The molecule has 1 unspecified atom stereocenters. The molecule has 0 aliphatic carbocycles. The van der Waals surface area contributed by atoms with Crippen LogP contribution in [0.25, 0.3) is 0 Å². The number of anilines is 2. The quantitative estimate of drug-likeness (QED) is 0.695. The molecule has 0 aliphatic rings. The molecule has 1 rings (SSSR count). The molecule has 1 aromatic carbocycles. The molecule has 1 aromatic rings. The lowest BCUT2D eigenvalue weighted by Crippen LogP contribution is -2.33. The van der Waals surface area contributed by atoms with Crippen molar-refractivity contribution in [3.63, 3.8) is 0 Å². The summed E-state index contributed by atoms with van der Waals surface area (Å²) in [6.45, 7) is 4.25. The summed E-state index contributed by atoms with van der Waals surface area (Å²) in [4.78, 5) is 13.3. The van der Waals surface area contributed by atoms with E-state index in [9.17, 15) is 9.90 Å². The number of nitrogen functional groups attached to an aromatic ring is 1. The normalized spacial score (nSPS) is 13.7. The van der Waals surface area contributed by atoms with E-state index in [-0.39, 0.29) is 5.91 Å². The highest BCUT2D eigenvalue weighted by Crippen LogP contribution is 2.22. The predicted molar refractivity (Wildman–Crippen MR) is 82.9 cm³/mol. The van der Waals surface area contributed by atoms with Gasteiger partial charge in [0.05, 0.1) is 17.0 Å². The molecule has 112 valence electrons. The number of hydrogen-bond acceptors (Lipinski definition) is 4. The van der Waals surface area contributed by atoms with Crippen LogP contribution in [0.1, 0.15) is 37.0 Å². The summed E-state index contributed by atoms with van der Waals surface area (Å²) in [6, 6.07) is 5.16. The van der Waals surface area contributed by atoms with Crippen molar-refractivity contribution in [2.24, 2.45) is 0 Å². The Morgan fingerprint density at radius 2 is 2.10 bits per heavy atom. The Morgan fingerprint density at radius 1 is 1.45 bits per heavy atom. The minimum atomic E-state index is -0.765. The van der Waals surface area contributed by atoms with Gasteiger partial charge in [0, 0.05) is 26.2 Å². The predicted octanol–water partition coefficient (Wildman–Crippen LogP) is 1.93. The number of aliphatic hydroxyl groups is 1. The lowest BCUT2D eigenvalue weighted by Gasteiger charge is -2.24. The molecule has 0 fully saturated rings. The average Bonchev–Trinajstić information content (AvgIpc) is 2.36. The first-order chi connectivity index (χ1) is 9.26. The molecule has 1 amide bonds. The molecule has 0 aromatic heterocycles. The van der Waals surface area contributed by atoms with Crippen molar-refractivity contribution in [3.05, 3.63) is 23.8 Å². The third-order valence-electron chi connectivity index (χ3n) is 3.15. The van der Waals surface area contributed by atoms with Gasteiger partial charge in [0.1, 0.15) is 0 Å². The zero-order valence-corrected chi connectivity index (χ0v) is 12.7. The number of carbonyl (C=O) groups is 1. The summed E-state index contributed by atoms with van der Waals surface area (Å²) >= 11 is 0. The van der Waals surface area contributed by atoms with Crippen LogP contribution in [0, 0.1) is 0 Å². The van der Waals surface area contributed by atoms with E-state index in [1.807, 2.05) is 6.92 Å². The van der Waals surface area contributed by atoms with E-state index in [2.05, 4.69) is 5.32 Å². The Bertz CT molecular complexity index is 470. The smallest absolute Gasteiger partial charge is 0.253 e. The molecule has 0 bridgehead atoms. The number of carbonyl (C=O) groups excluding carboxylic acids is 1. The number of amides is 1. The van der Waals surface area contributed by atoms with Crippen molar-refractivity contribution in [1.29, 1.82) is 0 Å². The summed E-state index contributed by atoms with van der Waals surface area (Å²) in [7, 11) is 3.40. The van der Waals surface area contributed by atoms with Crippen LogP contribution in [0.2, 0.25) is 0 Å². The lowest BCUT2D eigenvalue weighted by molar-refractivity contribution is 0.0637. The SMILES string of the molecule is CCCC(C)(O)CNc1ccc(C(=O)N(C)C)cc1N. The first-order valence-corrected chi connectivity index (χ1v) is 6.84. The molecule has 0 saturated carbocycles. The maximum absolute atomic E-state index is 11.8. The average molecular weight is 279 g/mol. The van der Waals surface area contributed by atoms with E-state index in [1.54, 1.807) is 39.2 Å². The summed E-state index contributed by atoms with van der Waals surface area (Å²) in [5.74, 6) is -0.0822. The molecule has 0 aliphatic heterocycles. The second-order valence-electron chi connectivity index (χ2n) is 5.60. The zero-order chi connectivity index (χ0) is 15.3. The zero-order valence-electron chi connectivity index (χ0n) is 12.7. The van der Waals surface area contributed by atoms with Crippen LogP contribution in [-0.2, 0) is 0 Å². The highest BCUT2D eigenvalue weighted by Gasteiger charge is 2.19. The molecular weight excluding hydrogens is 254 g/mol. The third kappa shape index (κ3) is 4.42. The molecule has 0 spiro atoms. The molecule has 0 saturated heterocycles. The van der Waals surface area contributed by atoms with Crippen LogP contribution in [0.5, 0.6) is 0 Å². The van der Waals surface area contributed by atoms with Gasteiger partial charge in [-0.25, -0.2) is 0 Å². The summed E-state index contributed by atoms with van der Waals surface area (Å²) < 4.78 is 0. The van der Waals surface area contributed by atoms with Gasteiger partial charge in [-0.05, 0) is 31.5 Å². The van der Waals surface area contributed by atoms with Gasteiger partial charge < -0.3 is 21.1 Å². The van der Waals surface area contributed by atoms with E-state index in [0.29, 0.717) is 17.8 Å². The highest BCUT2D eigenvalue weighted by atomic mass is 16.3. The van der Waals surface area contributed by atoms with Gasteiger partial charge in [0.2, 0.25) is 0 Å². The third-order valence-corrected chi connectivity index (χ3v) is 3.15. The fourth-order valence-electron chi connectivity index (χ4n) is 2.03. The molecule has 4 N–H and O–H groups in total. The maximum atomic E-state index is 11.8. The van der Waals surface area contributed by atoms with Crippen LogP contribution < -0.4 is 11.1 Å². The number of nitrogens with zero attached hydrogens (tertiary/aromatic N) is 1. The fourth-order valence-corrected chi connectivity index (χ4v) is 2.03. The van der Waals surface area contributed by atoms with Crippen LogP contribution in [0.3, 0.4) is 0 Å². The Balaban J connectivity index is 2.77. The van der Waals surface area contributed by atoms with E-state index in [1.165, 1.54) is 4.90 Å². The number of benzene rings is 1. The van der Waals surface area contributed by atoms with E-state index < -0.39 is 5.60 Å². The van der Waals surface area contributed by atoms with E-state index in [0.717, 1.165) is 18.5 Å². The first-order valence-electron chi connectivity index (χ1n) is 6.84. The first kappa shape index (κ1) is 16.3. The fraction of sp³-hybridized carbons (Fsp3) is 0.533. The number of nitrogens with two attached hydrogens (primary N) is 1. The molecule has 0 radical (unpaired) electrons. The molecule has 1 atom stereocenters. The highest BCUT2D eigenvalue weighted by molar-refractivity contribution is 5.95. The van der Waals surface area contributed by atoms with Crippen molar-refractivity contribution in [2.45, 2.75) is 32.3 Å². The van der Waals surface area contributed by atoms with Gasteiger partial charge >= 0.3 is 0 Å². The van der Waals surface area contributed by atoms with Gasteiger partial charge in [-0.3, -0.25) is 4.79 Å². The maximum Gasteiger partial charge on any atom is 0.253 e. The van der Waals surface area contributed by atoms with Crippen molar-refractivity contribution in [1.82, 2.24) is 4.90 Å². The molecule has 0 heterocycles. The van der Waals surface area contributed by atoms with E-state index >= 15 is 0 Å². The van der Waals surface area contributed by atoms with Gasteiger partial charge in [-0.1, -0.05) is 13.3 Å². The second kappa shape index (κ2) is 6.61. The standard InChI is InChI=1S/C15H25N3O2/c1-5-8-15(2,20)10-17-13-7-6-11(9-12(13)16)14(19)18(3)4/h6-7,9,17,20H,5,8,10,16H2,1-4H3. The summed E-state index contributed by atoms with van der Waals surface area (Å²) in [5, 5.41) is 13.3. The van der Waals surface area contributed by atoms with Crippen LogP contribution in [0.15, 0.2) is 18.2 Å². The summed E-state index contributed by atoms with van der Waals surface area (Å²) in [6.07, 6.45) is 1.64. The Morgan fingerprint density at radius 3 is 2.60 bits per heavy atom. The second-order valence-corrected chi connectivity index (χ2v) is 5.60. The minimum Gasteiger partial charge on any atom is -0.397 e. The topological polar surface area (TPSA) is 78.6 Å². The molecule has 5 nitrogen and oxygen atoms in total. The van der Waals surface area contributed by atoms with Crippen molar-refractivity contribution in [2.75, 3.05) is 31.7 Å². The van der Waals surface area contributed by atoms with Crippen molar-refractivity contribution in [3.8, 4) is 0 Å². The van der Waals surface area contributed by atoms with Crippen molar-refractivity contribution >= 4 is 17.3 Å². The number of rotatable bonds is 6. The monoisotopic (exact) mass is 279 g/mol. The Hall–Kier alpha value is -1.75. The van der Waals surface area contributed by atoms with Crippen LogP contribution in [0.4, 0.5) is 11.4 Å². The molecule has 20 heavy (non-hydrogen) atoms. The van der Waals surface area contributed by atoms with E-state index in [4.69, 9.17) is 5.73 Å². The van der Waals surface area contributed by atoms with Crippen molar-refractivity contribution < 1.29 is 9.90 Å². The number of hydrogen-bond donors (Lipinski definition) is 3. The van der Waals surface area contributed by atoms with Gasteiger partial charge in [-0.15, -0.1) is 0 Å². The van der Waals surface area contributed by atoms with Gasteiger partial charge in [0.25, 0.3) is 5.91 Å². The minimum absolute atomic E-state index is 0.0822. The number of nitrogens with one attached hydrogen (secondary N) is 1. The van der Waals surface area contributed by atoms with Gasteiger partial charge in [0.15, 0.2) is 0 Å². The lowest BCUT2D eigenvalue weighted by atomic mass is 10.0. The molecule has 5 heteroatoms. The van der Waals surface area contributed by atoms with Crippen LogP contribution in [-0.4, -0.2) is 42.2 Å². The summed E-state index contributed by atoms with van der Waals surface area (Å²) in [5.41, 5.74) is 6.97. The Labute approximate surface area is 120 Å².